The fraction of sp³-hybridized carbons (Fsp3) is 0.500. The molecule has 132 valence electrons. The topological polar surface area (TPSA) is 47.6 Å². The fourth-order valence-corrected chi connectivity index (χ4v) is 3.84. The minimum absolute atomic E-state index is 0.382. The molecular weight excluding hydrogens is 450 g/mol. The smallest absolute Gasteiger partial charge is 0.292 e. The first-order valence-corrected chi connectivity index (χ1v) is 10.1. The summed E-state index contributed by atoms with van der Waals surface area (Å²) >= 11 is 33.6. The molecule has 0 amide bonds. The number of rotatable bonds is 7. The molecule has 1 atom stereocenters. The van der Waals surface area contributed by atoms with Gasteiger partial charge in [0.1, 0.15) is 13.2 Å². The Morgan fingerprint density at radius 1 is 1.00 bits per heavy atom. The molecule has 1 aromatic rings. The molecule has 0 saturated heterocycles. The Hall–Kier alpha value is 1.07. The second-order valence-electron chi connectivity index (χ2n) is 4.54. The van der Waals surface area contributed by atoms with Gasteiger partial charge in [-0.15, -0.1) is 0 Å². The van der Waals surface area contributed by atoms with Crippen molar-refractivity contribution in [3.05, 3.63) is 35.9 Å². The number of hydrogen-bond acceptors (Lipinski definition) is 3. The van der Waals surface area contributed by atoms with Crippen LogP contribution in [0.4, 0.5) is 0 Å². The molecule has 1 N–H and O–H groups in total. The van der Waals surface area contributed by atoms with E-state index in [-0.39, 0.29) is 6.04 Å². The van der Waals surface area contributed by atoms with Crippen molar-refractivity contribution >= 4 is 77.4 Å². The van der Waals surface area contributed by atoms with E-state index in [0.29, 0.717) is 0 Å². The van der Waals surface area contributed by atoms with Gasteiger partial charge in [-0.3, -0.25) is 9.05 Å². The average Bonchev–Trinajstić information content (AvgIpc) is 2.43. The van der Waals surface area contributed by atoms with Crippen molar-refractivity contribution in [2.45, 2.75) is 20.6 Å². The van der Waals surface area contributed by atoms with E-state index in [1.165, 1.54) is 0 Å². The zero-order chi connectivity index (χ0) is 17.7. The first kappa shape index (κ1) is 22.1. The van der Waals surface area contributed by atoms with Crippen molar-refractivity contribution in [2.24, 2.45) is 0 Å². The van der Waals surface area contributed by atoms with Crippen LogP contribution in [-0.2, 0) is 13.6 Å². The summed E-state index contributed by atoms with van der Waals surface area (Å²) in [5.41, 5.74) is 0.850. The van der Waals surface area contributed by atoms with Gasteiger partial charge in [-0.2, -0.15) is 0 Å². The van der Waals surface area contributed by atoms with E-state index in [4.69, 9.17) is 78.7 Å². The predicted octanol–water partition coefficient (Wildman–Crippen LogP) is 6.22. The first-order chi connectivity index (χ1) is 10.4. The SMILES string of the molecule is C[C@@H](NP(=O)(OCC(Cl)(Cl)Cl)OCC(Cl)(Cl)Cl)c1ccccc1. The van der Waals surface area contributed by atoms with Gasteiger partial charge in [0.05, 0.1) is 0 Å². The zero-order valence-electron chi connectivity index (χ0n) is 11.8. The number of nitrogens with one attached hydrogen (secondary N) is 1. The van der Waals surface area contributed by atoms with Crippen LogP contribution < -0.4 is 5.09 Å². The largest absolute Gasteiger partial charge is 0.406 e. The van der Waals surface area contributed by atoms with Crippen molar-refractivity contribution in [2.75, 3.05) is 13.2 Å². The Bertz CT molecular complexity index is 512. The second kappa shape index (κ2) is 9.14. The van der Waals surface area contributed by atoms with Crippen LogP contribution >= 0.6 is 77.4 Å². The Kier molecular flexibility index (Phi) is 8.78. The van der Waals surface area contributed by atoms with E-state index >= 15 is 0 Å². The molecule has 0 aliphatic heterocycles. The van der Waals surface area contributed by atoms with Crippen LogP contribution in [0, 0.1) is 0 Å². The van der Waals surface area contributed by atoms with Gasteiger partial charge in [0, 0.05) is 6.04 Å². The average molecular weight is 464 g/mol. The number of alkyl halides is 6. The van der Waals surface area contributed by atoms with Crippen LogP contribution in [0.25, 0.3) is 0 Å². The maximum absolute atomic E-state index is 12.8. The molecule has 0 aromatic heterocycles. The first-order valence-electron chi connectivity index (χ1n) is 6.26. The molecule has 0 saturated carbocycles. The molecular formula is C12H14Cl6NO3P. The summed E-state index contributed by atoms with van der Waals surface area (Å²) < 4.78 is 19.5. The molecule has 11 heteroatoms. The van der Waals surface area contributed by atoms with Gasteiger partial charge in [-0.1, -0.05) is 99.9 Å². The number of benzene rings is 1. The molecule has 0 bridgehead atoms. The summed E-state index contributed by atoms with van der Waals surface area (Å²) in [6, 6.07) is 8.82. The third kappa shape index (κ3) is 9.96. The van der Waals surface area contributed by atoms with Crippen molar-refractivity contribution < 1.29 is 13.6 Å². The van der Waals surface area contributed by atoms with E-state index in [2.05, 4.69) is 5.09 Å². The van der Waals surface area contributed by atoms with Gasteiger partial charge in [0.25, 0.3) is 0 Å². The van der Waals surface area contributed by atoms with E-state index in [1.807, 2.05) is 30.3 Å². The highest BCUT2D eigenvalue weighted by atomic mass is 35.6. The highest BCUT2D eigenvalue weighted by molar-refractivity contribution is 7.51. The standard InChI is InChI=1S/C12H14Cl6NO3P/c1-9(10-5-3-2-4-6-10)19-23(20,21-7-11(13,14)15)22-8-12(16,17)18/h2-6,9H,7-8H2,1H3,(H,19,20)/t9-/m1/s1. The summed E-state index contributed by atoms with van der Waals surface area (Å²) in [7, 11) is -3.89. The molecule has 1 aromatic carbocycles. The number of hydrogen-bond donors (Lipinski definition) is 1. The summed E-state index contributed by atoms with van der Waals surface area (Å²) in [5.74, 6) is 0. The highest BCUT2D eigenvalue weighted by Gasteiger charge is 2.35. The van der Waals surface area contributed by atoms with Gasteiger partial charge >= 0.3 is 7.75 Å². The van der Waals surface area contributed by atoms with E-state index < -0.39 is 28.5 Å². The van der Waals surface area contributed by atoms with Crippen molar-refractivity contribution in [3.63, 3.8) is 0 Å². The lowest BCUT2D eigenvalue weighted by molar-refractivity contribution is 0.198. The Labute approximate surface area is 165 Å². The summed E-state index contributed by atoms with van der Waals surface area (Å²) in [6.07, 6.45) is 0. The Balaban J connectivity index is 2.83. The molecule has 0 spiro atoms. The Morgan fingerprint density at radius 3 is 1.83 bits per heavy atom. The zero-order valence-corrected chi connectivity index (χ0v) is 17.2. The second-order valence-corrected chi connectivity index (χ2v) is 11.3. The van der Waals surface area contributed by atoms with Gasteiger partial charge in [-0.05, 0) is 12.5 Å². The summed E-state index contributed by atoms with van der Waals surface area (Å²) in [5, 5.41) is 2.71. The van der Waals surface area contributed by atoms with Gasteiger partial charge in [0.15, 0.2) is 0 Å². The van der Waals surface area contributed by atoms with Crippen LogP contribution in [0.15, 0.2) is 30.3 Å². The third-order valence-electron chi connectivity index (χ3n) is 2.45. The van der Waals surface area contributed by atoms with Crippen molar-refractivity contribution in [1.82, 2.24) is 5.09 Å². The molecule has 0 heterocycles. The molecule has 0 aliphatic rings. The molecule has 1 rings (SSSR count). The van der Waals surface area contributed by atoms with E-state index in [0.717, 1.165) is 5.56 Å². The van der Waals surface area contributed by atoms with Gasteiger partial charge in [0.2, 0.25) is 7.59 Å². The molecule has 0 radical (unpaired) electrons. The third-order valence-corrected chi connectivity index (χ3v) is 4.74. The lowest BCUT2D eigenvalue weighted by atomic mass is 10.1. The van der Waals surface area contributed by atoms with E-state index in [1.54, 1.807) is 6.92 Å². The summed E-state index contributed by atoms with van der Waals surface area (Å²) in [6.45, 7) is 0.825. The fourth-order valence-electron chi connectivity index (χ4n) is 1.48. The lowest BCUT2D eigenvalue weighted by Gasteiger charge is -2.26. The van der Waals surface area contributed by atoms with Crippen LogP contribution in [-0.4, -0.2) is 20.8 Å². The van der Waals surface area contributed by atoms with Gasteiger partial charge < -0.3 is 0 Å². The minimum atomic E-state index is -3.89. The monoisotopic (exact) mass is 461 g/mol. The minimum Gasteiger partial charge on any atom is -0.292 e. The Morgan fingerprint density at radius 2 is 1.43 bits per heavy atom. The highest BCUT2D eigenvalue weighted by Crippen LogP contribution is 2.49. The summed E-state index contributed by atoms with van der Waals surface area (Å²) in [4.78, 5) is 0. The molecule has 0 fully saturated rings. The predicted molar refractivity (Wildman–Crippen MR) is 98.1 cm³/mol. The van der Waals surface area contributed by atoms with Gasteiger partial charge in [-0.25, -0.2) is 9.65 Å². The van der Waals surface area contributed by atoms with Crippen LogP contribution in [0.1, 0.15) is 18.5 Å². The van der Waals surface area contributed by atoms with Crippen LogP contribution in [0.5, 0.6) is 0 Å². The number of halogens is 6. The maximum atomic E-state index is 12.8. The van der Waals surface area contributed by atoms with Crippen LogP contribution in [0.3, 0.4) is 0 Å². The molecule has 23 heavy (non-hydrogen) atoms. The normalized spacial score (nSPS) is 14.7. The van der Waals surface area contributed by atoms with Crippen molar-refractivity contribution in [1.29, 1.82) is 0 Å². The lowest BCUT2D eigenvalue weighted by Crippen LogP contribution is -2.24. The van der Waals surface area contributed by atoms with Crippen LogP contribution in [0.2, 0.25) is 0 Å². The molecule has 0 unspecified atom stereocenters. The van der Waals surface area contributed by atoms with E-state index in [9.17, 15) is 4.57 Å². The molecule has 4 nitrogen and oxygen atoms in total. The quantitative estimate of drug-likeness (QED) is 0.385. The van der Waals surface area contributed by atoms with Crippen molar-refractivity contribution in [3.8, 4) is 0 Å². The molecule has 0 aliphatic carbocycles. The maximum Gasteiger partial charge on any atom is 0.406 e.